The predicted octanol–water partition coefficient (Wildman–Crippen LogP) is 4.11. The summed E-state index contributed by atoms with van der Waals surface area (Å²) in [4.78, 5) is 38.1. The molecule has 0 N–H and O–H groups in total. The molecule has 0 radical (unpaired) electrons. The van der Waals surface area contributed by atoms with Crippen LogP contribution in [0, 0.1) is 10.1 Å². The highest BCUT2D eigenvalue weighted by molar-refractivity contribution is 6.26. The Hall–Kier alpha value is -3.54. The number of rotatable bonds is 3. The molecule has 1 aliphatic heterocycles. The van der Waals surface area contributed by atoms with Crippen LogP contribution in [0.25, 0.3) is 10.8 Å². The number of imide groups is 1. The summed E-state index contributed by atoms with van der Waals surface area (Å²) in [6.07, 6.45) is 0. The molecule has 0 saturated carbocycles. The SMILES string of the molecule is C[C@@H](c1ccccc1)N1C(=O)c2cccc3c([N+](=O)[O-])ccc(c23)C1=O. The van der Waals surface area contributed by atoms with Gasteiger partial charge >= 0.3 is 0 Å². The maximum atomic E-state index is 13.0. The molecule has 0 aliphatic carbocycles. The molecule has 6 heteroatoms. The first kappa shape index (κ1) is 16.0. The van der Waals surface area contributed by atoms with Gasteiger partial charge in [-0.2, -0.15) is 0 Å². The molecule has 3 aromatic rings. The number of hydrogen-bond donors (Lipinski definition) is 0. The van der Waals surface area contributed by atoms with E-state index in [4.69, 9.17) is 0 Å². The second-order valence-electron chi connectivity index (χ2n) is 6.18. The monoisotopic (exact) mass is 346 g/mol. The fourth-order valence-electron chi connectivity index (χ4n) is 3.49. The van der Waals surface area contributed by atoms with E-state index < -0.39 is 22.8 Å². The maximum absolute atomic E-state index is 13.0. The summed E-state index contributed by atoms with van der Waals surface area (Å²) in [5.41, 5.74) is 1.34. The minimum Gasteiger partial charge on any atom is -0.269 e. The van der Waals surface area contributed by atoms with Gasteiger partial charge in [-0.1, -0.05) is 36.4 Å². The van der Waals surface area contributed by atoms with Gasteiger partial charge in [0.05, 0.1) is 16.4 Å². The molecule has 0 spiro atoms. The molecule has 1 aliphatic rings. The van der Waals surface area contributed by atoms with Crippen molar-refractivity contribution in [1.82, 2.24) is 4.90 Å². The molecule has 1 heterocycles. The number of carbonyl (C=O) groups is 2. The molecule has 6 nitrogen and oxygen atoms in total. The molecular formula is C20H14N2O4. The highest BCUT2D eigenvalue weighted by atomic mass is 16.6. The van der Waals surface area contributed by atoms with E-state index in [1.807, 2.05) is 30.3 Å². The number of amides is 2. The van der Waals surface area contributed by atoms with E-state index >= 15 is 0 Å². The van der Waals surface area contributed by atoms with Crippen LogP contribution in [0.4, 0.5) is 5.69 Å². The van der Waals surface area contributed by atoms with Crippen LogP contribution < -0.4 is 0 Å². The molecule has 0 fully saturated rings. The van der Waals surface area contributed by atoms with Crippen molar-refractivity contribution in [3.05, 3.63) is 87.5 Å². The Morgan fingerprint density at radius 1 is 0.885 bits per heavy atom. The standard InChI is InChI=1S/C20H14N2O4/c1-12(13-6-3-2-4-7-13)21-19(23)15-9-5-8-14-17(22(25)26)11-10-16(18(14)15)20(21)24/h2-12H,1H3/t12-/m0/s1. The molecule has 4 rings (SSSR count). The van der Waals surface area contributed by atoms with Crippen LogP contribution in [0.2, 0.25) is 0 Å². The Morgan fingerprint density at radius 2 is 1.54 bits per heavy atom. The van der Waals surface area contributed by atoms with Crippen LogP contribution >= 0.6 is 0 Å². The van der Waals surface area contributed by atoms with Gasteiger partial charge in [0.15, 0.2) is 0 Å². The number of carbonyl (C=O) groups excluding carboxylic acids is 2. The van der Waals surface area contributed by atoms with Crippen molar-refractivity contribution in [2.75, 3.05) is 0 Å². The summed E-state index contributed by atoms with van der Waals surface area (Å²) < 4.78 is 0. The van der Waals surface area contributed by atoms with Crippen LogP contribution in [0.5, 0.6) is 0 Å². The van der Waals surface area contributed by atoms with Gasteiger partial charge in [-0.25, -0.2) is 0 Å². The highest BCUT2D eigenvalue weighted by Crippen LogP contribution is 2.37. The van der Waals surface area contributed by atoms with E-state index in [1.54, 1.807) is 25.1 Å². The van der Waals surface area contributed by atoms with Crippen molar-refractivity contribution >= 4 is 28.3 Å². The Morgan fingerprint density at radius 3 is 2.19 bits per heavy atom. The minimum atomic E-state index is -0.503. The lowest BCUT2D eigenvalue weighted by atomic mass is 9.91. The first-order chi connectivity index (χ1) is 12.5. The topological polar surface area (TPSA) is 80.5 Å². The molecule has 3 aromatic carbocycles. The van der Waals surface area contributed by atoms with Gasteiger partial charge in [-0.05, 0) is 30.7 Å². The smallest absolute Gasteiger partial charge is 0.269 e. The summed E-state index contributed by atoms with van der Waals surface area (Å²) in [5.74, 6) is -0.880. The third-order valence-corrected chi connectivity index (χ3v) is 4.78. The molecule has 26 heavy (non-hydrogen) atoms. The maximum Gasteiger partial charge on any atom is 0.277 e. The average molecular weight is 346 g/mol. The zero-order valence-corrected chi connectivity index (χ0v) is 13.9. The van der Waals surface area contributed by atoms with Gasteiger partial charge < -0.3 is 0 Å². The van der Waals surface area contributed by atoms with Gasteiger partial charge in [0.2, 0.25) is 0 Å². The van der Waals surface area contributed by atoms with E-state index in [-0.39, 0.29) is 5.69 Å². The van der Waals surface area contributed by atoms with Crippen LogP contribution in [0.1, 0.15) is 39.2 Å². The van der Waals surface area contributed by atoms with Crippen LogP contribution in [0.15, 0.2) is 60.7 Å². The molecule has 0 saturated heterocycles. The summed E-state index contributed by atoms with van der Waals surface area (Å²) in [6, 6.07) is 16.4. The summed E-state index contributed by atoms with van der Waals surface area (Å²) >= 11 is 0. The number of non-ortho nitro benzene ring substituents is 1. The lowest BCUT2D eigenvalue weighted by Crippen LogP contribution is -2.41. The van der Waals surface area contributed by atoms with Crippen molar-refractivity contribution in [1.29, 1.82) is 0 Å². The zero-order valence-electron chi connectivity index (χ0n) is 13.9. The minimum absolute atomic E-state index is 0.115. The van der Waals surface area contributed by atoms with Crippen molar-refractivity contribution in [3.63, 3.8) is 0 Å². The van der Waals surface area contributed by atoms with E-state index in [2.05, 4.69) is 0 Å². The highest BCUT2D eigenvalue weighted by Gasteiger charge is 2.37. The number of nitro benzene ring substituents is 1. The quantitative estimate of drug-likeness (QED) is 0.406. The number of nitro groups is 1. The molecule has 0 aromatic heterocycles. The van der Waals surface area contributed by atoms with E-state index in [1.165, 1.54) is 17.0 Å². The van der Waals surface area contributed by atoms with E-state index in [0.717, 1.165) is 5.56 Å². The molecule has 0 bridgehead atoms. The Labute approximate surface area is 148 Å². The molecule has 0 unspecified atom stereocenters. The first-order valence-corrected chi connectivity index (χ1v) is 8.13. The van der Waals surface area contributed by atoms with E-state index in [9.17, 15) is 19.7 Å². The third-order valence-electron chi connectivity index (χ3n) is 4.78. The number of nitrogens with zero attached hydrogens (tertiary/aromatic N) is 2. The Bertz CT molecular complexity index is 1050. The van der Waals surface area contributed by atoms with E-state index in [0.29, 0.717) is 21.9 Å². The lowest BCUT2D eigenvalue weighted by Gasteiger charge is -2.32. The zero-order chi connectivity index (χ0) is 18.4. The summed E-state index contributed by atoms with van der Waals surface area (Å²) in [5, 5.41) is 11.9. The van der Waals surface area contributed by atoms with Crippen LogP contribution in [-0.4, -0.2) is 21.6 Å². The largest absolute Gasteiger partial charge is 0.277 e. The van der Waals surface area contributed by atoms with Gasteiger partial charge in [-0.15, -0.1) is 0 Å². The fraction of sp³-hybridized carbons (Fsp3) is 0.100. The van der Waals surface area contributed by atoms with Gasteiger partial charge in [0.1, 0.15) is 0 Å². The Kier molecular flexibility index (Phi) is 3.54. The van der Waals surface area contributed by atoms with Crippen molar-refractivity contribution < 1.29 is 14.5 Å². The van der Waals surface area contributed by atoms with Crippen molar-refractivity contribution in [2.45, 2.75) is 13.0 Å². The second kappa shape index (κ2) is 5.77. The van der Waals surface area contributed by atoms with Gasteiger partial charge in [-0.3, -0.25) is 24.6 Å². The molecule has 2 amide bonds. The second-order valence-corrected chi connectivity index (χ2v) is 6.18. The molecule has 128 valence electrons. The first-order valence-electron chi connectivity index (χ1n) is 8.13. The molecular weight excluding hydrogens is 332 g/mol. The Balaban J connectivity index is 1.92. The van der Waals surface area contributed by atoms with Crippen LogP contribution in [-0.2, 0) is 0 Å². The van der Waals surface area contributed by atoms with Crippen molar-refractivity contribution in [2.24, 2.45) is 0 Å². The van der Waals surface area contributed by atoms with Gasteiger partial charge in [0, 0.05) is 22.6 Å². The van der Waals surface area contributed by atoms with Gasteiger partial charge in [0.25, 0.3) is 17.5 Å². The third kappa shape index (κ3) is 2.19. The normalized spacial score (nSPS) is 14.6. The summed E-state index contributed by atoms with van der Waals surface area (Å²) in [6.45, 7) is 1.79. The average Bonchev–Trinajstić information content (AvgIpc) is 2.66. The number of benzene rings is 3. The lowest BCUT2D eigenvalue weighted by molar-refractivity contribution is -0.383. The number of hydrogen-bond acceptors (Lipinski definition) is 4. The summed E-state index contributed by atoms with van der Waals surface area (Å²) in [7, 11) is 0. The molecule has 1 atom stereocenters. The van der Waals surface area contributed by atoms with Crippen molar-refractivity contribution in [3.8, 4) is 0 Å². The predicted molar refractivity (Wildman–Crippen MR) is 96.0 cm³/mol. The van der Waals surface area contributed by atoms with Crippen LogP contribution in [0.3, 0.4) is 0 Å². The fourth-order valence-corrected chi connectivity index (χ4v) is 3.49.